The Hall–Kier alpha value is -1.86. The van der Waals surface area contributed by atoms with Crippen molar-refractivity contribution in [2.24, 2.45) is 0 Å². The molecule has 0 bridgehead atoms. The third-order valence-electron chi connectivity index (χ3n) is 2.54. The van der Waals surface area contributed by atoms with Crippen LogP contribution in [-0.2, 0) is 9.53 Å². The van der Waals surface area contributed by atoms with E-state index in [1.54, 1.807) is 24.4 Å². The molecule has 0 aliphatic heterocycles. The Morgan fingerprint density at radius 1 is 1.52 bits per heavy atom. The number of esters is 1. The zero-order valence-electron chi connectivity index (χ0n) is 10.9. The molecule has 2 heterocycles. The summed E-state index contributed by atoms with van der Waals surface area (Å²) in [6, 6.07) is 4.80. The van der Waals surface area contributed by atoms with Crippen molar-refractivity contribution in [3.63, 3.8) is 0 Å². The van der Waals surface area contributed by atoms with Gasteiger partial charge in [-0.05, 0) is 41.1 Å². The Morgan fingerprint density at radius 2 is 2.29 bits per heavy atom. The first-order valence-corrected chi connectivity index (χ1v) is 7.10. The van der Waals surface area contributed by atoms with Crippen LogP contribution in [0.25, 0.3) is 0 Å². The molecule has 0 fully saturated rings. The van der Waals surface area contributed by atoms with E-state index in [4.69, 9.17) is 16.3 Å². The molecular formula is C13H11BrClN3O3. The molecular weight excluding hydrogens is 362 g/mol. The quantitative estimate of drug-likeness (QED) is 0.638. The standard InChI is InChI=1S/C13H11BrClN3O3/c1-7(21-13(20)10-5-8(14)6-17-10)12(19)18-9-3-2-4-16-11(9)15/h2-7,17H,1H3,(H,18,19). The molecule has 1 atom stereocenters. The predicted octanol–water partition coefficient (Wildman–Crippen LogP) is 3.01. The van der Waals surface area contributed by atoms with Gasteiger partial charge in [-0.1, -0.05) is 11.6 Å². The van der Waals surface area contributed by atoms with Crippen LogP contribution in [0.1, 0.15) is 17.4 Å². The van der Waals surface area contributed by atoms with Gasteiger partial charge in [-0.2, -0.15) is 0 Å². The average Bonchev–Trinajstić information content (AvgIpc) is 2.88. The van der Waals surface area contributed by atoms with E-state index in [0.29, 0.717) is 10.2 Å². The second-order valence-corrected chi connectivity index (χ2v) is 5.38. The van der Waals surface area contributed by atoms with E-state index < -0.39 is 18.0 Å². The van der Waals surface area contributed by atoms with Crippen molar-refractivity contribution in [3.05, 3.63) is 45.9 Å². The van der Waals surface area contributed by atoms with Gasteiger partial charge in [0.05, 0.1) is 5.69 Å². The first-order chi connectivity index (χ1) is 9.97. The summed E-state index contributed by atoms with van der Waals surface area (Å²) >= 11 is 9.04. The number of halogens is 2. The van der Waals surface area contributed by atoms with E-state index in [2.05, 4.69) is 31.2 Å². The number of amides is 1. The van der Waals surface area contributed by atoms with E-state index in [9.17, 15) is 9.59 Å². The van der Waals surface area contributed by atoms with Gasteiger partial charge >= 0.3 is 5.97 Å². The van der Waals surface area contributed by atoms with Gasteiger partial charge in [-0.25, -0.2) is 9.78 Å². The van der Waals surface area contributed by atoms with Gasteiger partial charge in [-0.15, -0.1) is 0 Å². The highest BCUT2D eigenvalue weighted by atomic mass is 79.9. The van der Waals surface area contributed by atoms with Gasteiger partial charge in [0.25, 0.3) is 5.91 Å². The fraction of sp³-hybridized carbons (Fsp3) is 0.154. The maximum absolute atomic E-state index is 11.9. The summed E-state index contributed by atoms with van der Waals surface area (Å²) in [6.45, 7) is 1.47. The van der Waals surface area contributed by atoms with Crippen LogP contribution < -0.4 is 5.32 Å². The SMILES string of the molecule is CC(OC(=O)c1cc(Br)c[nH]1)C(=O)Nc1cccnc1Cl. The molecule has 2 aromatic heterocycles. The van der Waals surface area contributed by atoms with Crippen molar-refractivity contribution in [2.45, 2.75) is 13.0 Å². The number of ether oxygens (including phenoxy) is 1. The molecule has 8 heteroatoms. The zero-order chi connectivity index (χ0) is 15.4. The largest absolute Gasteiger partial charge is 0.448 e. The molecule has 0 aromatic carbocycles. The number of pyridine rings is 1. The molecule has 2 rings (SSSR count). The fourth-order valence-electron chi connectivity index (χ4n) is 1.48. The molecule has 0 spiro atoms. The first-order valence-electron chi connectivity index (χ1n) is 5.93. The topological polar surface area (TPSA) is 84.1 Å². The van der Waals surface area contributed by atoms with Gasteiger partial charge in [0.15, 0.2) is 11.3 Å². The van der Waals surface area contributed by atoms with Crippen molar-refractivity contribution >= 4 is 45.1 Å². The Bertz CT molecular complexity index is 674. The number of aromatic nitrogens is 2. The average molecular weight is 373 g/mol. The minimum atomic E-state index is -0.976. The molecule has 21 heavy (non-hydrogen) atoms. The molecule has 110 valence electrons. The number of hydrogen-bond acceptors (Lipinski definition) is 4. The van der Waals surface area contributed by atoms with Gasteiger partial charge in [0.2, 0.25) is 0 Å². The number of carbonyl (C=O) groups excluding carboxylic acids is 2. The predicted molar refractivity (Wildman–Crippen MR) is 81.2 cm³/mol. The fourth-order valence-corrected chi connectivity index (χ4v) is 1.99. The van der Waals surface area contributed by atoms with Crippen molar-refractivity contribution < 1.29 is 14.3 Å². The molecule has 6 nitrogen and oxygen atoms in total. The number of aromatic amines is 1. The van der Waals surface area contributed by atoms with Crippen LogP contribution in [0, 0.1) is 0 Å². The molecule has 1 amide bonds. The molecule has 0 aliphatic rings. The summed E-state index contributed by atoms with van der Waals surface area (Å²) in [4.78, 5) is 30.3. The van der Waals surface area contributed by atoms with E-state index >= 15 is 0 Å². The molecule has 1 unspecified atom stereocenters. The van der Waals surface area contributed by atoms with Gasteiger partial charge < -0.3 is 15.0 Å². The van der Waals surface area contributed by atoms with Crippen LogP contribution in [0.3, 0.4) is 0 Å². The summed E-state index contributed by atoms with van der Waals surface area (Å²) in [7, 11) is 0. The summed E-state index contributed by atoms with van der Waals surface area (Å²) in [5.74, 6) is -1.12. The Balaban J connectivity index is 1.97. The summed E-state index contributed by atoms with van der Waals surface area (Å²) in [6.07, 6.45) is 2.12. The number of rotatable bonds is 4. The van der Waals surface area contributed by atoms with Crippen LogP contribution >= 0.6 is 27.5 Å². The van der Waals surface area contributed by atoms with E-state index in [1.807, 2.05) is 0 Å². The van der Waals surface area contributed by atoms with Gasteiger partial charge in [0.1, 0.15) is 5.69 Å². The minimum Gasteiger partial charge on any atom is -0.448 e. The number of hydrogen-bond donors (Lipinski definition) is 2. The lowest BCUT2D eigenvalue weighted by molar-refractivity contribution is -0.123. The highest BCUT2D eigenvalue weighted by Crippen LogP contribution is 2.18. The number of nitrogens with zero attached hydrogens (tertiary/aromatic N) is 1. The van der Waals surface area contributed by atoms with Crippen LogP contribution in [0.5, 0.6) is 0 Å². The number of nitrogens with one attached hydrogen (secondary N) is 2. The van der Waals surface area contributed by atoms with Crippen LogP contribution in [0.15, 0.2) is 35.1 Å². The second kappa shape index (κ2) is 6.73. The van der Waals surface area contributed by atoms with Crippen molar-refractivity contribution in [1.29, 1.82) is 0 Å². The third-order valence-corrected chi connectivity index (χ3v) is 3.30. The smallest absolute Gasteiger partial charge is 0.355 e. The second-order valence-electron chi connectivity index (χ2n) is 4.11. The highest BCUT2D eigenvalue weighted by Gasteiger charge is 2.20. The van der Waals surface area contributed by atoms with Crippen molar-refractivity contribution in [1.82, 2.24) is 9.97 Å². The Morgan fingerprint density at radius 3 is 2.90 bits per heavy atom. The summed E-state index contributed by atoms with van der Waals surface area (Å²) in [5.41, 5.74) is 0.607. The number of H-pyrrole nitrogens is 1. The summed E-state index contributed by atoms with van der Waals surface area (Å²) in [5, 5.41) is 2.71. The molecule has 2 N–H and O–H groups in total. The lowest BCUT2D eigenvalue weighted by Gasteiger charge is -2.13. The summed E-state index contributed by atoms with van der Waals surface area (Å²) < 4.78 is 5.77. The molecule has 0 saturated carbocycles. The van der Waals surface area contributed by atoms with E-state index in [0.717, 1.165) is 0 Å². The lowest BCUT2D eigenvalue weighted by atomic mass is 10.3. The molecule has 0 saturated heterocycles. The van der Waals surface area contributed by atoms with Crippen LogP contribution in [-0.4, -0.2) is 27.9 Å². The lowest BCUT2D eigenvalue weighted by Crippen LogP contribution is -2.30. The maximum Gasteiger partial charge on any atom is 0.355 e. The van der Waals surface area contributed by atoms with E-state index in [-0.39, 0.29) is 10.8 Å². The molecule has 0 radical (unpaired) electrons. The monoisotopic (exact) mass is 371 g/mol. The van der Waals surface area contributed by atoms with Crippen LogP contribution in [0.4, 0.5) is 5.69 Å². The zero-order valence-corrected chi connectivity index (χ0v) is 13.2. The molecule has 2 aromatic rings. The maximum atomic E-state index is 11.9. The first kappa shape index (κ1) is 15.5. The Kier molecular flexibility index (Phi) is 4.98. The number of anilines is 1. The third kappa shape index (κ3) is 4.05. The van der Waals surface area contributed by atoms with Gasteiger partial charge in [-0.3, -0.25) is 4.79 Å². The normalized spacial score (nSPS) is 11.8. The van der Waals surface area contributed by atoms with Crippen LogP contribution in [0.2, 0.25) is 5.15 Å². The Labute approximate surface area is 134 Å². The van der Waals surface area contributed by atoms with Crippen molar-refractivity contribution in [3.8, 4) is 0 Å². The highest BCUT2D eigenvalue weighted by molar-refractivity contribution is 9.10. The molecule has 0 aliphatic carbocycles. The van der Waals surface area contributed by atoms with Gasteiger partial charge in [0, 0.05) is 16.9 Å². The van der Waals surface area contributed by atoms with E-state index in [1.165, 1.54) is 13.1 Å². The number of carbonyl (C=O) groups is 2. The minimum absolute atomic E-state index is 0.165. The van der Waals surface area contributed by atoms with Crippen molar-refractivity contribution in [2.75, 3.05) is 5.32 Å².